The van der Waals surface area contributed by atoms with Crippen LogP contribution >= 0.6 is 0 Å². The van der Waals surface area contributed by atoms with Crippen molar-refractivity contribution >= 4 is 0 Å². The van der Waals surface area contributed by atoms with E-state index >= 15 is 0 Å². The van der Waals surface area contributed by atoms with E-state index in [1.54, 1.807) is 7.11 Å². The molecule has 1 saturated carbocycles. The summed E-state index contributed by atoms with van der Waals surface area (Å²) < 4.78 is 5.17. The average molecular weight is 243 g/mol. The van der Waals surface area contributed by atoms with Gasteiger partial charge in [0.2, 0.25) is 0 Å². The van der Waals surface area contributed by atoms with Crippen LogP contribution in [0.15, 0.2) is 30.5 Å². The number of aromatic amines is 1. The van der Waals surface area contributed by atoms with Crippen molar-refractivity contribution in [1.82, 2.24) is 15.5 Å². The van der Waals surface area contributed by atoms with Gasteiger partial charge >= 0.3 is 0 Å². The van der Waals surface area contributed by atoms with Gasteiger partial charge in [-0.2, -0.15) is 5.10 Å². The van der Waals surface area contributed by atoms with E-state index in [4.69, 9.17) is 4.74 Å². The minimum absolute atomic E-state index is 0.712. The second-order valence-corrected chi connectivity index (χ2v) is 4.65. The fourth-order valence-electron chi connectivity index (χ4n) is 1.99. The molecular formula is C14H17N3O. The molecule has 1 aromatic heterocycles. The van der Waals surface area contributed by atoms with Crippen LogP contribution < -0.4 is 10.1 Å². The third-order valence-corrected chi connectivity index (χ3v) is 3.26. The Hall–Kier alpha value is -1.81. The van der Waals surface area contributed by atoms with Gasteiger partial charge in [0, 0.05) is 23.7 Å². The van der Waals surface area contributed by atoms with Gasteiger partial charge in [0.05, 0.1) is 19.0 Å². The molecule has 0 radical (unpaired) electrons. The molecule has 1 aliphatic carbocycles. The Labute approximate surface area is 106 Å². The topological polar surface area (TPSA) is 49.9 Å². The molecule has 2 aromatic rings. The molecule has 4 nitrogen and oxygen atoms in total. The molecule has 0 unspecified atom stereocenters. The Morgan fingerprint density at radius 1 is 1.33 bits per heavy atom. The summed E-state index contributed by atoms with van der Waals surface area (Å²) in [6, 6.07) is 8.74. The molecule has 0 aliphatic heterocycles. The first kappa shape index (κ1) is 11.3. The third kappa shape index (κ3) is 2.38. The minimum Gasteiger partial charge on any atom is -0.497 e. The molecule has 2 N–H and O–H groups in total. The van der Waals surface area contributed by atoms with Gasteiger partial charge in [-0.15, -0.1) is 0 Å². The Kier molecular flexibility index (Phi) is 3.02. The zero-order chi connectivity index (χ0) is 12.4. The SMILES string of the molecule is COc1ccc(-c2[nH]ncc2CNC2CC2)cc1. The number of benzene rings is 1. The van der Waals surface area contributed by atoms with Gasteiger partial charge in [-0.25, -0.2) is 0 Å². The second-order valence-electron chi connectivity index (χ2n) is 4.65. The molecule has 1 aliphatic rings. The van der Waals surface area contributed by atoms with Gasteiger partial charge in [-0.05, 0) is 37.1 Å². The molecule has 1 aromatic carbocycles. The van der Waals surface area contributed by atoms with E-state index in [0.717, 1.165) is 23.6 Å². The molecule has 0 amide bonds. The van der Waals surface area contributed by atoms with Crippen LogP contribution in [0.25, 0.3) is 11.3 Å². The van der Waals surface area contributed by atoms with Crippen LogP contribution in [0.4, 0.5) is 0 Å². The number of aromatic nitrogens is 2. The fraction of sp³-hybridized carbons (Fsp3) is 0.357. The number of hydrogen-bond donors (Lipinski definition) is 2. The number of rotatable bonds is 5. The van der Waals surface area contributed by atoms with Gasteiger partial charge < -0.3 is 10.1 Å². The van der Waals surface area contributed by atoms with Crippen molar-refractivity contribution in [2.75, 3.05) is 7.11 Å². The van der Waals surface area contributed by atoms with E-state index in [-0.39, 0.29) is 0 Å². The largest absolute Gasteiger partial charge is 0.497 e. The number of methoxy groups -OCH3 is 1. The van der Waals surface area contributed by atoms with E-state index in [0.29, 0.717) is 6.04 Å². The molecule has 1 heterocycles. The first-order valence-corrected chi connectivity index (χ1v) is 6.27. The van der Waals surface area contributed by atoms with Crippen molar-refractivity contribution in [1.29, 1.82) is 0 Å². The Morgan fingerprint density at radius 2 is 2.11 bits per heavy atom. The Bertz CT molecular complexity index is 514. The van der Waals surface area contributed by atoms with Crippen molar-refractivity contribution in [3.63, 3.8) is 0 Å². The molecule has 0 spiro atoms. The van der Waals surface area contributed by atoms with E-state index in [2.05, 4.69) is 15.5 Å². The standard InChI is InChI=1S/C14H17N3O/c1-18-13-6-2-10(3-7-13)14-11(9-16-17-14)8-15-12-4-5-12/h2-3,6-7,9,12,15H,4-5,8H2,1H3,(H,16,17). The minimum atomic E-state index is 0.712. The fourth-order valence-corrected chi connectivity index (χ4v) is 1.99. The molecule has 0 bridgehead atoms. The monoisotopic (exact) mass is 243 g/mol. The van der Waals surface area contributed by atoms with E-state index in [1.165, 1.54) is 18.4 Å². The number of nitrogens with one attached hydrogen (secondary N) is 2. The van der Waals surface area contributed by atoms with E-state index in [1.807, 2.05) is 30.5 Å². The maximum absolute atomic E-state index is 5.17. The van der Waals surface area contributed by atoms with Crippen LogP contribution in [0.3, 0.4) is 0 Å². The first-order valence-electron chi connectivity index (χ1n) is 6.27. The summed E-state index contributed by atoms with van der Waals surface area (Å²) in [4.78, 5) is 0. The van der Waals surface area contributed by atoms with Crippen LogP contribution in [-0.2, 0) is 6.54 Å². The van der Waals surface area contributed by atoms with Crippen LogP contribution in [0.5, 0.6) is 5.75 Å². The predicted octanol–water partition coefficient (Wildman–Crippen LogP) is 2.34. The van der Waals surface area contributed by atoms with Crippen LogP contribution in [0, 0.1) is 0 Å². The molecule has 0 saturated heterocycles. The van der Waals surface area contributed by atoms with Gasteiger partial charge in [0.1, 0.15) is 5.75 Å². The third-order valence-electron chi connectivity index (χ3n) is 3.26. The number of hydrogen-bond acceptors (Lipinski definition) is 3. The lowest BCUT2D eigenvalue weighted by Crippen LogP contribution is -2.15. The average Bonchev–Trinajstić information content (AvgIpc) is 3.14. The van der Waals surface area contributed by atoms with Crippen molar-refractivity contribution in [3.05, 3.63) is 36.0 Å². The Balaban J connectivity index is 1.78. The Morgan fingerprint density at radius 3 is 2.78 bits per heavy atom. The van der Waals surface area contributed by atoms with Crippen LogP contribution in [-0.4, -0.2) is 23.3 Å². The highest BCUT2D eigenvalue weighted by Gasteiger charge is 2.20. The summed E-state index contributed by atoms with van der Waals surface area (Å²) in [7, 11) is 1.68. The van der Waals surface area contributed by atoms with E-state index < -0.39 is 0 Å². The van der Waals surface area contributed by atoms with Crippen LogP contribution in [0.2, 0.25) is 0 Å². The summed E-state index contributed by atoms with van der Waals surface area (Å²) in [5.74, 6) is 0.871. The lowest BCUT2D eigenvalue weighted by Gasteiger charge is -2.05. The molecule has 3 rings (SSSR count). The summed E-state index contributed by atoms with van der Waals surface area (Å²) in [5.41, 5.74) is 3.44. The predicted molar refractivity (Wildman–Crippen MR) is 70.4 cm³/mol. The van der Waals surface area contributed by atoms with Crippen molar-refractivity contribution in [2.45, 2.75) is 25.4 Å². The number of nitrogens with zero attached hydrogens (tertiary/aromatic N) is 1. The molecule has 94 valence electrons. The van der Waals surface area contributed by atoms with Gasteiger partial charge in [0.15, 0.2) is 0 Å². The molecule has 4 heteroatoms. The highest BCUT2D eigenvalue weighted by atomic mass is 16.5. The van der Waals surface area contributed by atoms with E-state index in [9.17, 15) is 0 Å². The smallest absolute Gasteiger partial charge is 0.118 e. The van der Waals surface area contributed by atoms with Crippen LogP contribution in [0.1, 0.15) is 18.4 Å². The zero-order valence-electron chi connectivity index (χ0n) is 10.4. The summed E-state index contributed by atoms with van der Waals surface area (Å²) in [6.07, 6.45) is 4.50. The van der Waals surface area contributed by atoms with Gasteiger partial charge in [-0.1, -0.05) is 0 Å². The normalized spacial score (nSPS) is 14.7. The highest BCUT2D eigenvalue weighted by molar-refractivity contribution is 5.63. The molecule has 1 fully saturated rings. The van der Waals surface area contributed by atoms with Crippen molar-refractivity contribution in [2.24, 2.45) is 0 Å². The maximum Gasteiger partial charge on any atom is 0.118 e. The lowest BCUT2D eigenvalue weighted by molar-refractivity contribution is 0.415. The lowest BCUT2D eigenvalue weighted by atomic mass is 10.1. The second kappa shape index (κ2) is 4.82. The van der Waals surface area contributed by atoms with Crippen molar-refractivity contribution < 1.29 is 4.74 Å². The quantitative estimate of drug-likeness (QED) is 0.847. The summed E-state index contributed by atoms with van der Waals surface area (Å²) in [5, 5.41) is 10.7. The number of H-pyrrole nitrogens is 1. The highest BCUT2D eigenvalue weighted by Crippen LogP contribution is 2.25. The summed E-state index contributed by atoms with van der Waals surface area (Å²) >= 11 is 0. The van der Waals surface area contributed by atoms with Gasteiger partial charge in [-0.3, -0.25) is 5.10 Å². The maximum atomic E-state index is 5.17. The zero-order valence-corrected chi connectivity index (χ0v) is 10.4. The molecule has 0 atom stereocenters. The molecule has 18 heavy (non-hydrogen) atoms. The first-order chi connectivity index (χ1) is 8.86. The summed E-state index contributed by atoms with van der Waals surface area (Å²) in [6.45, 7) is 0.878. The molecular weight excluding hydrogens is 226 g/mol. The number of ether oxygens (including phenoxy) is 1. The van der Waals surface area contributed by atoms with Crippen molar-refractivity contribution in [3.8, 4) is 17.0 Å². The van der Waals surface area contributed by atoms with Gasteiger partial charge in [0.25, 0.3) is 0 Å².